The van der Waals surface area contributed by atoms with Crippen LogP contribution >= 0.6 is 11.3 Å². The van der Waals surface area contributed by atoms with E-state index in [0.29, 0.717) is 17.0 Å². The van der Waals surface area contributed by atoms with Gasteiger partial charge in [-0.2, -0.15) is 5.10 Å². The number of hydrogen-bond acceptors (Lipinski definition) is 6. The van der Waals surface area contributed by atoms with E-state index in [1.54, 1.807) is 32.2 Å². The van der Waals surface area contributed by atoms with E-state index in [9.17, 15) is 13.2 Å². The number of benzene rings is 2. The van der Waals surface area contributed by atoms with Crippen molar-refractivity contribution in [1.82, 2.24) is 5.01 Å². The lowest BCUT2D eigenvalue weighted by atomic mass is 9.98. The fourth-order valence-electron chi connectivity index (χ4n) is 3.45. The van der Waals surface area contributed by atoms with Crippen LogP contribution in [0.25, 0.3) is 0 Å². The second-order valence-corrected chi connectivity index (χ2v) is 10.2. The molecule has 0 saturated heterocycles. The molecule has 0 unspecified atom stereocenters. The van der Waals surface area contributed by atoms with Crippen molar-refractivity contribution in [3.63, 3.8) is 0 Å². The SMILES string of the molecule is CCS(=O)(=O)Nc1ccc(C2=NN(C(=O)c3cccs3)[C@@H](c3ccc(OC)cc3)C2)cc1. The van der Waals surface area contributed by atoms with Crippen LogP contribution in [0.15, 0.2) is 71.1 Å². The molecule has 1 aliphatic rings. The predicted octanol–water partition coefficient (Wildman–Crippen LogP) is 4.51. The third-order valence-corrected chi connectivity index (χ3v) is 7.39. The van der Waals surface area contributed by atoms with Gasteiger partial charge in [-0.05, 0) is 53.8 Å². The summed E-state index contributed by atoms with van der Waals surface area (Å²) in [6.07, 6.45) is 0.545. The molecule has 1 aliphatic heterocycles. The zero-order valence-corrected chi connectivity index (χ0v) is 19.3. The number of carbonyl (C=O) groups excluding carboxylic acids is 1. The maximum atomic E-state index is 13.2. The fourth-order valence-corrected chi connectivity index (χ4v) is 4.75. The standard InChI is InChI=1S/C23H23N3O4S2/c1-3-32(28,29)25-18-10-6-16(7-11-18)20-15-21(17-8-12-19(30-2)13-9-17)26(24-20)23(27)22-5-4-14-31-22/h4-14,21,25H,3,15H2,1-2H3/t21-/m1/s1. The number of carbonyl (C=O) groups is 1. The first-order valence-electron chi connectivity index (χ1n) is 10.1. The maximum absolute atomic E-state index is 13.2. The Morgan fingerprint density at radius 1 is 1.16 bits per heavy atom. The van der Waals surface area contributed by atoms with Gasteiger partial charge in [-0.3, -0.25) is 9.52 Å². The van der Waals surface area contributed by atoms with Crippen LogP contribution in [0.2, 0.25) is 0 Å². The van der Waals surface area contributed by atoms with Gasteiger partial charge in [-0.1, -0.05) is 30.3 Å². The van der Waals surface area contributed by atoms with Crippen molar-refractivity contribution in [2.45, 2.75) is 19.4 Å². The van der Waals surface area contributed by atoms with Crippen molar-refractivity contribution >= 4 is 38.7 Å². The van der Waals surface area contributed by atoms with Crippen LogP contribution in [0, 0.1) is 0 Å². The summed E-state index contributed by atoms with van der Waals surface area (Å²) in [5.41, 5.74) is 3.05. The zero-order valence-electron chi connectivity index (χ0n) is 17.7. The van der Waals surface area contributed by atoms with Gasteiger partial charge < -0.3 is 4.74 Å². The molecule has 0 bridgehead atoms. The molecule has 1 N–H and O–H groups in total. The van der Waals surface area contributed by atoms with E-state index in [4.69, 9.17) is 4.74 Å². The highest BCUT2D eigenvalue weighted by molar-refractivity contribution is 7.92. The molecular weight excluding hydrogens is 446 g/mol. The van der Waals surface area contributed by atoms with Gasteiger partial charge in [0.2, 0.25) is 10.0 Å². The summed E-state index contributed by atoms with van der Waals surface area (Å²) in [5, 5.41) is 8.08. The number of ether oxygens (including phenoxy) is 1. The molecule has 2 aromatic carbocycles. The number of nitrogens with one attached hydrogen (secondary N) is 1. The van der Waals surface area contributed by atoms with Gasteiger partial charge >= 0.3 is 0 Å². The van der Waals surface area contributed by atoms with Crippen molar-refractivity contribution in [3.8, 4) is 5.75 Å². The summed E-state index contributed by atoms with van der Waals surface area (Å²) in [7, 11) is -1.73. The topological polar surface area (TPSA) is 88.1 Å². The highest BCUT2D eigenvalue weighted by Gasteiger charge is 2.34. The molecule has 166 valence electrons. The maximum Gasteiger partial charge on any atom is 0.284 e. The van der Waals surface area contributed by atoms with Crippen molar-refractivity contribution in [3.05, 3.63) is 82.0 Å². The van der Waals surface area contributed by atoms with Gasteiger partial charge in [-0.25, -0.2) is 13.4 Å². The average Bonchev–Trinajstić information content (AvgIpc) is 3.50. The molecule has 3 aromatic rings. The Hall–Kier alpha value is -3.17. The molecule has 0 saturated carbocycles. The Balaban J connectivity index is 1.63. The number of rotatable bonds is 7. The van der Waals surface area contributed by atoms with Crippen molar-refractivity contribution < 1.29 is 17.9 Å². The summed E-state index contributed by atoms with van der Waals surface area (Å²) < 4.78 is 31.4. The largest absolute Gasteiger partial charge is 0.497 e. The van der Waals surface area contributed by atoms with Gasteiger partial charge in [0.1, 0.15) is 5.75 Å². The number of sulfonamides is 1. The number of thiophene rings is 1. The third-order valence-electron chi connectivity index (χ3n) is 5.22. The lowest BCUT2D eigenvalue weighted by Crippen LogP contribution is -2.26. The van der Waals surface area contributed by atoms with Crippen LogP contribution in [0.3, 0.4) is 0 Å². The molecule has 0 spiro atoms. The van der Waals surface area contributed by atoms with E-state index in [1.165, 1.54) is 16.3 Å². The van der Waals surface area contributed by atoms with E-state index >= 15 is 0 Å². The van der Waals surface area contributed by atoms with Gasteiger partial charge in [-0.15, -0.1) is 11.3 Å². The van der Waals surface area contributed by atoms with E-state index < -0.39 is 10.0 Å². The highest BCUT2D eigenvalue weighted by atomic mass is 32.2. The minimum Gasteiger partial charge on any atom is -0.497 e. The first kappa shape index (κ1) is 22.0. The molecule has 1 amide bonds. The predicted molar refractivity (Wildman–Crippen MR) is 127 cm³/mol. The van der Waals surface area contributed by atoms with Crippen LogP contribution in [0.4, 0.5) is 5.69 Å². The smallest absolute Gasteiger partial charge is 0.284 e. The molecule has 1 aromatic heterocycles. The first-order valence-corrected chi connectivity index (χ1v) is 12.6. The summed E-state index contributed by atoms with van der Waals surface area (Å²) in [5.74, 6) is 0.599. The summed E-state index contributed by atoms with van der Waals surface area (Å²) >= 11 is 1.38. The number of amides is 1. The third kappa shape index (κ3) is 4.68. The molecule has 9 heteroatoms. The molecular formula is C23H23N3O4S2. The highest BCUT2D eigenvalue weighted by Crippen LogP contribution is 2.35. The number of hydrogen-bond donors (Lipinski definition) is 1. The fraction of sp³-hybridized carbons (Fsp3) is 0.217. The minimum absolute atomic E-state index is 0.00475. The molecule has 7 nitrogen and oxygen atoms in total. The van der Waals surface area contributed by atoms with Gasteiger partial charge in [0.05, 0.1) is 29.5 Å². The van der Waals surface area contributed by atoms with Crippen LogP contribution in [-0.2, 0) is 10.0 Å². The van der Waals surface area contributed by atoms with Gasteiger partial charge in [0, 0.05) is 12.1 Å². The second kappa shape index (κ2) is 9.13. The lowest BCUT2D eigenvalue weighted by molar-refractivity contribution is 0.0716. The van der Waals surface area contributed by atoms with Crippen LogP contribution in [0.1, 0.15) is 40.2 Å². The Kier molecular flexibility index (Phi) is 6.29. The zero-order chi connectivity index (χ0) is 22.7. The normalized spacial score (nSPS) is 16.0. The Bertz CT molecular complexity index is 1220. The average molecular weight is 470 g/mol. The number of methoxy groups -OCH3 is 1. The summed E-state index contributed by atoms with van der Waals surface area (Å²) in [6.45, 7) is 1.59. The molecule has 0 fully saturated rings. The lowest BCUT2D eigenvalue weighted by Gasteiger charge is -2.21. The summed E-state index contributed by atoms with van der Waals surface area (Å²) in [6, 6.07) is 18.1. The molecule has 4 rings (SSSR count). The number of hydrazone groups is 1. The van der Waals surface area contributed by atoms with Crippen LogP contribution in [-0.4, -0.2) is 37.9 Å². The van der Waals surface area contributed by atoms with Crippen LogP contribution in [0.5, 0.6) is 5.75 Å². The monoisotopic (exact) mass is 469 g/mol. The second-order valence-electron chi connectivity index (χ2n) is 7.25. The molecule has 0 radical (unpaired) electrons. The van der Waals surface area contributed by atoms with E-state index in [-0.39, 0.29) is 17.7 Å². The van der Waals surface area contributed by atoms with Crippen molar-refractivity contribution in [1.29, 1.82) is 0 Å². The molecule has 2 heterocycles. The van der Waals surface area contributed by atoms with E-state index in [1.807, 2.05) is 47.8 Å². The molecule has 0 aliphatic carbocycles. The van der Waals surface area contributed by atoms with E-state index in [0.717, 1.165) is 22.6 Å². The van der Waals surface area contributed by atoms with Gasteiger partial charge in [0.15, 0.2) is 0 Å². The minimum atomic E-state index is -3.34. The van der Waals surface area contributed by atoms with Crippen molar-refractivity contribution in [2.24, 2.45) is 5.10 Å². The Morgan fingerprint density at radius 2 is 1.88 bits per heavy atom. The van der Waals surface area contributed by atoms with Crippen LogP contribution < -0.4 is 9.46 Å². The number of nitrogens with zero attached hydrogens (tertiary/aromatic N) is 2. The Morgan fingerprint density at radius 3 is 2.47 bits per heavy atom. The quantitative estimate of drug-likeness (QED) is 0.551. The summed E-state index contributed by atoms with van der Waals surface area (Å²) in [4.78, 5) is 13.8. The van der Waals surface area contributed by atoms with Crippen molar-refractivity contribution in [2.75, 3.05) is 17.6 Å². The van der Waals surface area contributed by atoms with E-state index in [2.05, 4.69) is 9.82 Å². The Labute approximate surface area is 191 Å². The molecule has 32 heavy (non-hydrogen) atoms. The number of anilines is 1. The van der Waals surface area contributed by atoms with Gasteiger partial charge in [0.25, 0.3) is 5.91 Å². The molecule has 1 atom stereocenters. The first-order chi connectivity index (χ1) is 15.4.